The molecule has 0 aromatic rings. The highest BCUT2D eigenvalue weighted by Crippen LogP contribution is 1.92. The van der Waals surface area contributed by atoms with Gasteiger partial charge in [0.2, 0.25) is 5.17 Å². The Morgan fingerprint density at radius 2 is 2.00 bits per heavy atom. The zero-order valence-electron chi connectivity index (χ0n) is 5.06. The lowest BCUT2D eigenvalue weighted by atomic mass is 10.6. The van der Waals surface area contributed by atoms with Crippen LogP contribution in [0.2, 0.25) is 0 Å². The fourth-order valence-corrected chi connectivity index (χ4v) is 0.462. The predicted octanol–water partition coefficient (Wildman–Crippen LogP) is 0.866. The van der Waals surface area contributed by atoms with Gasteiger partial charge in [0.15, 0.2) is 0 Å². The average molecular weight is 169 g/mol. The molecule has 0 bridgehead atoms. The molecule has 0 aliphatic carbocycles. The third-order valence-corrected chi connectivity index (χ3v) is 1.16. The summed E-state index contributed by atoms with van der Waals surface area (Å²) < 4.78 is 2.97. The molecule has 0 spiro atoms. The second-order valence-corrected chi connectivity index (χ2v) is 2.10. The summed E-state index contributed by atoms with van der Waals surface area (Å²) in [6.07, 6.45) is 0. The molecule has 9 heavy (non-hydrogen) atoms. The van der Waals surface area contributed by atoms with Crippen molar-refractivity contribution in [1.29, 1.82) is 0 Å². The molecule has 3 nitrogen and oxygen atoms in total. The Labute approximate surface area is 63.4 Å². The van der Waals surface area contributed by atoms with E-state index in [1.165, 1.54) is 4.90 Å². The number of rotatable bonds is 1. The third kappa shape index (κ3) is 2.67. The second-order valence-electron chi connectivity index (χ2n) is 1.57. The molecule has 0 unspecified atom stereocenters. The predicted molar refractivity (Wildman–Crippen MR) is 37.8 cm³/mol. The first-order valence-corrected chi connectivity index (χ1v) is 2.87. The van der Waals surface area contributed by atoms with Gasteiger partial charge in [-0.15, -0.1) is 0 Å². The molecule has 0 atom stereocenters. The Bertz CT molecular complexity index is 144. The number of hydrogen-bond donors (Lipinski definition) is 0. The van der Waals surface area contributed by atoms with Crippen LogP contribution < -0.4 is 0 Å². The van der Waals surface area contributed by atoms with E-state index in [2.05, 4.69) is 4.51 Å². The van der Waals surface area contributed by atoms with Crippen LogP contribution in [0.1, 0.15) is 0 Å². The van der Waals surface area contributed by atoms with Crippen molar-refractivity contribution in [3.05, 3.63) is 0 Å². The zero-order chi connectivity index (χ0) is 7.44. The fraction of sp³-hybridized carbons (Fsp3) is 0.500. The van der Waals surface area contributed by atoms with Crippen molar-refractivity contribution in [2.75, 3.05) is 14.1 Å². The van der Waals surface area contributed by atoms with Crippen LogP contribution in [0, 0.1) is 0 Å². The van der Waals surface area contributed by atoms with Crippen molar-refractivity contribution in [2.45, 2.75) is 0 Å². The van der Waals surface area contributed by atoms with Gasteiger partial charge in [-0.2, -0.15) is 4.51 Å². The number of carbonyl (C=O) groups excluding carboxylic acids is 1. The van der Waals surface area contributed by atoms with Crippen LogP contribution in [-0.2, 0) is 4.79 Å². The molecular formula is C4H6Cl2N2O. The molecule has 0 saturated heterocycles. The Balaban J connectivity index is 4.06. The van der Waals surface area contributed by atoms with Crippen molar-refractivity contribution >= 4 is 34.5 Å². The Morgan fingerprint density at radius 3 is 2.11 bits per heavy atom. The minimum atomic E-state index is -0.397. The lowest BCUT2D eigenvalue weighted by Crippen LogP contribution is -2.26. The van der Waals surface area contributed by atoms with Crippen LogP contribution in [0.4, 0.5) is 0 Å². The minimum Gasteiger partial charge on any atom is -0.343 e. The summed E-state index contributed by atoms with van der Waals surface area (Å²) in [7, 11) is 3.12. The molecule has 0 aromatic carbocycles. The van der Waals surface area contributed by atoms with Crippen LogP contribution in [0.3, 0.4) is 0 Å². The van der Waals surface area contributed by atoms with Crippen LogP contribution in [0.25, 0.3) is 0 Å². The number of hydrogen-bond acceptors (Lipinski definition) is 2. The van der Waals surface area contributed by atoms with E-state index in [1.54, 1.807) is 14.1 Å². The molecule has 0 aliphatic heterocycles. The standard InChI is InChI=1S/C4H6Cl2N2O/c1-8(2)4(9)3(5)7-6/h1-2H3. The maximum Gasteiger partial charge on any atom is 0.284 e. The average Bonchev–Trinajstić information content (AvgIpc) is 1.84. The summed E-state index contributed by atoms with van der Waals surface area (Å²) >= 11 is 10.1. The molecule has 0 fully saturated rings. The minimum absolute atomic E-state index is 0.221. The molecule has 0 aliphatic rings. The van der Waals surface area contributed by atoms with Gasteiger partial charge < -0.3 is 4.90 Å². The molecule has 5 heteroatoms. The summed E-state index contributed by atoms with van der Waals surface area (Å²) in [5, 5.41) is -0.221. The largest absolute Gasteiger partial charge is 0.343 e. The first-order chi connectivity index (χ1) is 4.09. The lowest BCUT2D eigenvalue weighted by Gasteiger charge is -2.05. The van der Waals surface area contributed by atoms with E-state index in [0.717, 1.165) is 0 Å². The van der Waals surface area contributed by atoms with E-state index in [4.69, 9.17) is 23.4 Å². The van der Waals surface area contributed by atoms with E-state index >= 15 is 0 Å². The molecule has 0 N–H and O–H groups in total. The summed E-state index contributed by atoms with van der Waals surface area (Å²) in [6, 6.07) is 0. The molecule has 0 radical (unpaired) electrons. The Hall–Kier alpha value is -0.280. The quantitative estimate of drug-likeness (QED) is 0.536. The van der Waals surface area contributed by atoms with Gasteiger partial charge in [-0.3, -0.25) is 4.79 Å². The maximum atomic E-state index is 10.7. The van der Waals surface area contributed by atoms with Gasteiger partial charge in [0, 0.05) is 25.9 Å². The smallest absolute Gasteiger partial charge is 0.284 e. The third-order valence-electron chi connectivity index (χ3n) is 0.657. The molecule has 0 heterocycles. The second kappa shape index (κ2) is 3.69. The molecule has 52 valence electrons. The Morgan fingerprint density at radius 1 is 1.56 bits per heavy atom. The van der Waals surface area contributed by atoms with Gasteiger partial charge in [-0.1, -0.05) is 11.6 Å². The molecule has 0 saturated carbocycles. The molecule has 0 rings (SSSR count). The number of halogens is 2. The van der Waals surface area contributed by atoms with Crippen molar-refractivity contribution in [1.82, 2.24) is 4.90 Å². The SMILES string of the molecule is CN(C)C(=O)C(Cl)=NCl. The topological polar surface area (TPSA) is 32.7 Å². The zero-order valence-corrected chi connectivity index (χ0v) is 6.57. The van der Waals surface area contributed by atoms with E-state index in [1.807, 2.05) is 0 Å². The fourth-order valence-electron chi connectivity index (χ4n) is 0.221. The van der Waals surface area contributed by atoms with Crippen molar-refractivity contribution < 1.29 is 4.79 Å². The van der Waals surface area contributed by atoms with E-state index in [-0.39, 0.29) is 5.17 Å². The number of nitrogens with zero attached hydrogens (tertiary/aromatic N) is 2. The van der Waals surface area contributed by atoms with Crippen LogP contribution in [0.5, 0.6) is 0 Å². The maximum absolute atomic E-state index is 10.7. The highest BCUT2D eigenvalue weighted by Gasteiger charge is 2.08. The number of amides is 1. The van der Waals surface area contributed by atoms with Gasteiger partial charge in [0.05, 0.1) is 0 Å². The first-order valence-electron chi connectivity index (χ1n) is 2.15. The van der Waals surface area contributed by atoms with Crippen LogP contribution in [0.15, 0.2) is 4.51 Å². The van der Waals surface area contributed by atoms with E-state index in [9.17, 15) is 4.79 Å². The summed E-state index contributed by atoms with van der Waals surface area (Å²) in [4.78, 5) is 11.9. The van der Waals surface area contributed by atoms with Crippen molar-refractivity contribution in [2.24, 2.45) is 4.51 Å². The summed E-state index contributed by atoms with van der Waals surface area (Å²) in [5.74, 6) is -0.397. The summed E-state index contributed by atoms with van der Waals surface area (Å²) in [6.45, 7) is 0. The lowest BCUT2D eigenvalue weighted by molar-refractivity contribution is -0.121. The molecule has 1 amide bonds. The molecular weight excluding hydrogens is 163 g/mol. The van der Waals surface area contributed by atoms with Crippen LogP contribution >= 0.6 is 23.4 Å². The van der Waals surface area contributed by atoms with Gasteiger partial charge in [0.25, 0.3) is 5.91 Å². The van der Waals surface area contributed by atoms with Crippen LogP contribution in [-0.4, -0.2) is 30.1 Å². The summed E-state index contributed by atoms with van der Waals surface area (Å²) in [5.41, 5.74) is 0. The molecule has 0 aromatic heterocycles. The monoisotopic (exact) mass is 168 g/mol. The number of carbonyl (C=O) groups is 1. The van der Waals surface area contributed by atoms with Gasteiger partial charge in [-0.05, 0) is 0 Å². The van der Waals surface area contributed by atoms with Gasteiger partial charge >= 0.3 is 0 Å². The van der Waals surface area contributed by atoms with E-state index in [0.29, 0.717) is 0 Å². The van der Waals surface area contributed by atoms with Gasteiger partial charge in [-0.25, -0.2) is 0 Å². The van der Waals surface area contributed by atoms with Crippen molar-refractivity contribution in [3.8, 4) is 0 Å². The van der Waals surface area contributed by atoms with E-state index < -0.39 is 5.91 Å². The Kier molecular flexibility index (Phi) is 3.58. The highest BCUT2D eigenvalue weighted by atomic mass is 35.5. The highest BCUT2D eigenvalue weighted by molar-refractivity contribution is 6.83. The van der Waals surface area contributed by atoms with Crippen molar-refractivity contribution in [3.63, 3.8) is 0 Å². The first kappa shape index (κ1) is 8.72. The van der Waals surface area contributed by atoms with Gasteiger partial charge in [0.1, 0.15) is 0 Å². The normalized spacial score (nSPS) is 11.3.